The summed E-state index contributed by atoms with van der Waals surface area (Å²) < 4.78 is 18.8. The lowest BCUT2D eigenvalue weighted by atomic mass is 10.1. The van der Waals surface area contributed by atoms with Crippen molar-refractivity contribution >= 4 is 5.97 Å². The second-order valence-electron chi connectivity index (χ2n) is 4.38. The molecular weight excluding hydrogens is 237 g/mol. The molecule has 1 aromatic carbocycles. The highest BCUT2D eigenvalue weighted by Crippen LogP contribution is 2.22. The molecule has 1 fully saturated rings. The van der Waals surface area contributed by atoms with Gasteiger partial charge in [-0.1, -0.05) is 12.5 Å². The lowest BCUT2D eigenvalue weighted by molar-refractivity contribution is 0.0686. The van der Waals surface area contributed by atoms with Crippen molar-refractivity contribution in [2.24, 2.45) is 0 Å². The molecule has 2 rings (SSSR count). The quantitative estimate of drug-likeness (QED) is 0.862. The van der Waals surface area contributed by atoms with Gasteiger partial charge in [-0.05, 0) is 31.5 Å². The van der Waals surface area contributed by atoms with E-state index in [1.807, 2.05) is 0 Å². The summed E-state index contributed by atoms with van der Waals surface area (Å²) >= 11 is 0. The second-order valence-corrected chi connectivity index (χ2v) is 4.38. The molecule has 1 heterocycles. The fraction of sp³-hybridized carbons (Fsp3) is 0.462. The maximum Gasteiger partial charge on any atom is 0.342 e. The van der Waals surface area contributed by atoms with Gasteiger partial charge in [0, 0.05) is 6.04 Å². The Bertz CT molecular complexity index is 430. The highest BCUT2D eigenvalue weighted by Gasteiger charge is 2.19. The van der Waals surface area contributed by atoms with Crippen molar-refractivity contribution in [2.45, 2.75) is 25.3 Å². The lowest BCUT2D eigenvalue weighted by Crippen LogP contribution is -2.38. The van der Waals surface area contributed by atoms with Gasteiger partial charge in [-0.15, -0.1) is 0 Å². The van der Waals surface area contributed by atoms with Crippen LogP contribution in [0, 0.1) is 5.82 Å². The van der Waals surface area contributed by atoms with Crippen LogP contribution in [0.1, 0.15) is 29.6 Å². The van der Waals surface area contributed by atoms with Crippen LogP contribution >= 0.6 is 0 Å². The first-order chi connectivity index (χ1) is 8.68. The van der Waals surface area contributed by atoms with Crippen molar-refractivity contribution in [3.8, 4) is 5.75 Å². The number of ether oxygens (including phenoxy) is 1. The maximum absolute atomic E-state index is 13.4. The standard InChI is InChI=1S/C13H16FNO3/c14-10-5-3-6-11(12(10)13(16)17)18-8-9-4-1-2-7-15-9/h3,5-6,9,15H,1-2,4,7-8H2,(H,16,17). The van der Waals surface area contributed by atoms with E-state index >= 15 is 0 Å². The van der Waals surface area contributed by atoms with Crippen molar-refractivity contribution in [1.82, 2.24) is 5.32 Å². The van der Waals surface area contributed by atoms with E-state index < -0.39 is 17.3 Å². The van der Waals surface area contributed by atoms with Crippen molar-refractivity contribution in [3.05, 3.63) is 29.6 Å². The van der Waals surface area contributed by atoms with Crippen LogP contribution in [-0.2, 0) is 0 Å². The van der Waals surface area contributed by atoms with Crippen LogP contribution in [0.4, 0.5) is 4.39 Å². The molecule has 0 spiro atoms. The zero-order valence-electron chi connectivity index (χ0n) is 9.99. The van der Waals surface area contributed by atoms with Gasteiger partial charge < -0.3 is 15.2 Å². The van der Waals surface area contributed by atoms with Gasteiger partial charge in [0.05, 0.1) is 0 Å². The molecule has 5 heteroatoms. The van der Waals surface area contributed by atoms with Gasteiger partial charge in [0.15, 0.2) is 0 Å². The predicted octanol–water partition coefficient (Wildman–Crippen LogP) is 2.04. The van der Waals surface area contributed by atoms with Gasteiger partial charge in [-0.2, -0.15) is 0 Å². The van der Waals surface area contributed by atoms with Crippen molar-refractivity contribution in [2.75, 3.05) is 13.2 Å². The molecule has 1 unspecified atom stereocenters. The summed E-state index contributed by atoms with van der Waals surface area (Å²) in [4.78, 5) is 11.0. The largest absolute Gasteiger partial charge is 0.491 e. The van der Waals surface area contributed by atoms with Gasteiger partial charge >= 0.3 is 5.97 Å². The number of carboxylic acid groups (broad SMARTS) is 1. The normalized spacial score (nSPS) is 19.5. The summed E-state index contributed by atoms with van der Waals surface area (Å²) in [5, 5.41) is 12.2. The number of carboxylic acids is 1. The van der Waals surface area contributed by atoms with E-state index in [1.165, 1.54) is 12.1 Å². The fourth-order valence-corrected chi connectivity index (χ4v) is 2.09. The van der Waals surface area contributed by atoms with E-state index in [0.29, 0.717) is 6.61 Å². The molecule has 0 amide bonds. The van der Waals surface area contributed by atoms with Crippen LogP contribution in [0.3, 0.4) is 0 Å². The van der Waals surface area contributed by atoms with E-state index in [0.717, 1.165) is 31.9 Å². The molecule has 1 aliphatic rings. The van der Waals surface area contributed by atoms with Gasteiger partial charge in [0.25, 0.3) is 0 Å². The number of carbonyl (C=O) groups is 1. The molecule has 1 aromatic rings. The van der Waals surface area contributed by atoms with Crippen LogP contribution in [-0.4, -0.2) is 30.3 Å². The number of halogens is 1. The van der Waals surface area contributed by atoms with Gasteiger partial charge in [0.2, 0.25) is 0 Å². The average molecular weight is 253 g/mol. The van der Waals surface area contributed by atoms with Crippen molar-refractivity contribution in [1.29, 1.82) is 0 Å². The van der Waals surface area contributed by atoms with Gasteiger partial charge in [0.1, 0.15) is 23.7 Å². The highest BCUT2D eigenvalue weighted by atomic mass is 19.1. The number of nitrogens with one attached hydrogen (secondary N) is 1. The molecule has 1 atom stereocenters. The van der Waals surface area contributed by atoms with Crippen LogP contribution in [0.15, 0.2) is 18.2 Å². The van der Waals surface area contributed by atoms with Gasteiger partial charge in [-0.25, -0.2) is 9.18 Å². The topological polar surface area (TPSA) is 58.6 Å². The second kappa shape index (κ2) is 5.82. The first-order valence-corrected chi connectivity index (χ1v) is 6.06. The van der Waals surface area contributed by atoms with Crippen LogP contribution in [0.2, 0.25) is 0 Å². The molecule has 0 bridgehead atoms. The molecule has 1 saturated heterocycles. The third-order valence-corrected chi connectivity index (χ3v) is 3.04. The van der Waals surface area contributed by atoms with Crippen molar-refractivity contribution < 1.29 is 19.0 Å². The zero-order chi connectivity index (χ0) is 13.0. The number of rotatable bonds is 4. The Morgan fingerprint density at radius 1 is 1.50 bits per heavy atom. The van der Waals surface area contributed by atoms with E-state index in [9.17, 15) is 9.18 Å². The molecule has 98 valence electrons. The number of benzene rings is 1. The SMILES string of the molecule is O=C(O)c1c(F)cccc1OCC1CCCCN1. The predicted molar refractivity (Wildman–Crippen MR) is 64.5 cm³/mol. The Morgan fingerprint density at radius 2 is 2.33 bits per heavy atom. The minimum Gasteiger partial charge on any atom is -0.491 e. The van der Waals surface area contributed by atoms with Crippen LogP contribution in [0.5, 0.6) is 5.75 Å². The fourth-order valence-electron chi connectivity index (χ4n) is 2.09. The first-order valence-electron chi connectivity index (χ1n) is 6.06. The van der Waals surface area contributed by atoms with E-state index in [1.54, 1.807) is 0 Å². The smallest absolute Gasteiger partial charge is 0.342 e. The Hall–Kier alpha value is -1.62. The Morgan fingerprint density at radius 3 is 3.00 bits per heavy atom. The number of aromatic carboxylic acids is 1. The van der Waals surface area contributed by atoms with E-state index in [2.05, 4.69) is 5.32 Å². The summed E-state index contributed by atoms with van der Waals surface area (Å²) in [5.41, 5.74) is -0.395. The average Bonchev–Trinajstić information content (AvgIpc) is 2.37. The zero-order valence-corrected chi connectivity index (χ0v) is 9.99. The molecule has 0 aliphatic carbocycles. The first kappa shape index (κ1) is 12.8. The third-order valence-electron chi connectivity index (χ3n) is 3.04. The Kier molecular flexibility index (Phi) is 4.15. The Labute approximate surface area is 105 Å². The Balaban J connectivity index is 2.04. The van der Waals surface area contributed by atoms with Crippen molar-refractivity contribution in [3.63, 3.8) is 0 Å². The summed E-state index contributed by atoms with van der Waals surface area (Å²) in [6, 6.07) is 4.26. The number of hydrogen-bond acceptors (Lipinski definition) is 3. The third kappa shape index (κ3) is 2.98. The number of hydrogen-bond donors (Lipinski definition) is 2. The molecule has 1 aliphatic heterocycles. The monoisotopic (exact) mass is 253 g/mol. The molecular formula is C13H16FNO3. The maximum atomic E-state index is 13.4. The molecule has 0 saturated carbocycles. The summed E-state index contributed by atoms with van der Waals surface area (Å²) in [7, 11) is 0. The molecule has 0 aromatic heterocycles. The minimum atomic E-state index is -1.31. The molecule has 18 heavy (non-hydrogen) atoms. The summed E-state index contributed by atoms with van der Waals surface area (Å²) in [5.74, 6) is -1.98. The van der Waals surface area contributed by atoms with Crippen LogP contribution in [0.25, 0.3) is 0 Å². The van der Waals surface area contributed by atoms with Gasteiger partial charge in [-0.3, -0.25) is 0 Å². The molecule has 2 N–H and O–H groups in total. The summed E-state index contributed by atoms with van der Waals surface area (Å²) in [6.07, 6.45) is 3.28. The summed E-state index contributed by atoms with van der Waals surface area (Å²) in [6.45, 7) is 1.31. The van der Waals surface area contributed by atoms with Crippen LogP contribution < -0.4 is 10.1 Å². The lowest BCUT2D eigenvalue weighted by Gasteiger charge is -2.23. The van der Waals surface area contributed by atoms with E-state index in [4.69, 9.17) is 9.84 Å². The molecule has 4 nitrogen and oxygen atoms in total. The minimum absolute atomic E-state index is 0.0925. The highest BCUT2D eigenvalue weighted by molar-refractivity contribution is 5.91. The molecule has 0 radical (unpaired) electrons. The number of piperidine rings is 1. The van der Waals surface area contributed by atoms with E-state index in [-0.39, 0.29) is 11.8 Å².